The molecule has 11 nitrogen and oxygen atoms in total. The monoisotopic (exact) mass is 653 g/mol. The first-order valence-electron chi connectivity index (χ1n) is 16.6. The predicted molar refractivity (Wildman–Crippen MR) is 178 cm³/mol. The smallest absolute Gasteiger partial charge is 0.309 e. The van der Waals surface area contributed by atoms with Crippen LogP contribution < -0.4 is 9.47 Å². The molecular weight excluding hydrogens is 602 g/mol. The zero-order valence-corrected chi connectivity index (χ0v) is 28.6. The zero-order chi connectivity index (χ0) is 34.2. The maximum absolute atomic E-state index is 12.6. The summed E-state index contributed by atoms with van der Waals surface area (Å²) in [7, 11) is 1.64. The van der Waals surface area contributed by atoms with Gasteiger partial charge in [0.1, 0.15) is 12.2 Å². The molecule has 1 aliphatic rings. The van der Waals surface area contributed by atoms with E-state index in [1.165, 1.54) is 6.92 Å². The van der Waals surface area contributed by atoms with Crippen LogP contribution in [0.3, 0.4) is 0 Å². The Morgan fingerprint density at radius 1 is 1.00 bits per heavy atom. The summed E-state index contributed by atoms with van der Waals surface area (Å²) in [5, 5.41) is 4.07. The summed E-state index contributed by atoms with van der Waals surface area (Å²) >= 11 is 0. The number of carbonyl (C=O) groups excluding carboxylic acids is 2. The van der Waals surface area contributed by atoms with Crippen LogP contribution >= 0.6 is 0 Å². The van der Waals surface area contributed by atoms with Crippen LogP contribution in [0.2, 0.25) is 0 Å². The molecule has 1 saturated heterocycles. The highest BCUT2D eigenvalue weighted by molar-refractivity contribution is 5.75. The highest BCUT2D eigenvalue weighted by Crippen LogP contribution is 2.41. The van der Waals surface area contributed by atoms with Gasteiger partial charge in [0.2, 0.25) is 0 Å². The molecule has 1 fully saturated rings. The molecule has 1 heterocycles. The molecule has 0 amide bonds. The second kappa shape index (κ2) is 19.8. The van der Waals surface area contributed by atoms with E-state index in [1.807, 2.05) is 76.2 Å². The van der Waals surface area contributed by atoms with Crippen LogP contribution in [0.1, 0.15) is 77.5 Å². The van der Waals surface area contributed by atoms with Crippen LogP contribution in [-0.4, -0.2) is 57.6 Å². The summed E-state index contributed by atoms with van der Waals surface area (Å²) in [6.07, 6.45) is 0.981. The van der Waals surface area contributed by atoms with Crippen molar-refractivity contribution in [3.05, 3.63) is 70.1 Å². The second-order valence-electron chi connectivity index (χ2n) is 12.6. The molecule has 1 aliphatic heterocycles. The van der Waals surface area contributed by atoms with E-state index in [4.69, 9.17) is 28.4 Å². The Hall–Kier alpha value is -3.79. The summed E-state index contributed by atoms with van der Waals surface area (Å²) in [6.45, 7) is 11.9. The molecule has 47 heavy (non-hydrogen) atoms. The first-order chi connectivity index (χ1) is 22.6. The number of ether oxygens (including phenoxy) is 6. The Labute approximate surface area is 278 Å². The Bertz CT molecular complexity index is 1300. The Kier molecular flexibility index (Phi) is 15.8. The summed E-state index contributed by atoms with van der Waals surface area (Å²) in [5.41, 5.74) is 11.3. The van der Waals surface area contributed by atoms with Gasteiger partial charge in [-0.25, -0.2) is 0 Å². The lowest BCUT2D eigenvalue weighted by Crippen LogP contribution is -2.32. The van der Waals surface area contributed by atoms with Gasteiger partial charge < -0.3 is 28.4 Å². The molecule has 2 aromatic rings. The van der Waals surface area contributed by atoms with Crippen molar-refractivity contribution >= 4 is 11.9 Å². The fourth-order valence-electron chi connectivity index (χ4n) is 5.78. The van der Waals surface area contributed by atoms with Gasteiger partial charge in [-0.2, -0.15) is 0 Å². The van der Waals surface area contributed by atoms with E-state index in [0.29, 0.717) is 70.2 Å². The van der Waals surface area contributed by atoms with E-state index in [-0.39, 0.29) is 29.6 Å². The van der Waals surface area contributed by atoms with Gasteiger partial charge in [0, 0.05) is 44.3 Å². The quantitative estimate of drug-likeness (QED) is 0.0441. The minimum Gasteiger partial charge on any atom is -0.490 e. The Morgan fingerprint density at radius 3 is 2.32 bits per heavy atom. The number of azide groups is 1. The maximum atomic E-state index is 12.6. The fourth-order valence-corrected chi connectivity index (χ4v) is 5.78. The highest BCUT2D eigenvalue weighted by atomic mass is 16.6. The minimum absolute atomic E-state index is 0.0200. The van der Waals surface area contributed by atoms with Gasteiger partial charge in [-0.15, -0.1) is 0 Å². The molecule has 0 aliphatic carbocycles. The lowest BCUT2D eigenvalue weighted by Gasteiger charge is -2.33. The van der Waals surface area contributed by atoms with Crippen molar-refractivity contribution < 1.29 is 38.0 Å². The standard InChI is InChI=1S/C36H51N3O8/c1-24(2)29(21-31(38-39-37)33-22-30(25(3)4)36(41)47-33)35(46-26(5)40)28-14-15-32(34(20-28)45-18-10-16-42-6)44-19-11-17-43-23-27-12-8-7-9-13-27/h7-9,12-15,20,24-25,29-31,33,35H,10-11,16-19,21-23H2,1-6H3/t29-,30-,31-,33-,35-/m0/s1. The largest absolute Gasteiger partial charge is 0.490 e. The number of methoxy groups -OCH3 is 1. The number of esters is 2. The molecule has 2 aromatic carbocycles. The number of nitrogens with zero attached hydrogens (tertiary/aromatic N) is 3. The number of hydrogen-bond acceptors (Lipinski definition) is 9. The molecule has 11 heteroatoms. The lowest BCUT2D eigenvalue weighted by molar-refractivity contribution is -0.151. The van der Waals surface area contributed by atoms with Gasteiger partial charge in [-0.3, -0.25) is 9.59 Å². The SMILES string of the molecule is COCCCOc1cc([C@H](OC(C)=O)[C@@H](C[C@H](N=[N+]=[N-])[C@@H]2C[C@@H](C(C)C)C(=O)O2)C(C)C)ccc1OCCCOCc1ccccc1. The summed E-state index contributed by atoms with van der Waals surface area (Å²) in [4.78, 5) is 28.1. The molecule has 0 spiro atoms. The normalized spacial score (nSPS) is 17.9. The number of carbonyl (C=O) groups is 2. The fraction of sp³-hybridized carbons (Fsp3) is 0.611. The van der Waals surface area contributed by atoms with Crippen molar-refractivity contribution in [3.8, 4) is 11.5 Å². The third-order valence-corrected chi connectivity index (χ3v) is 8.39. The Balaban J connectivity index is 1.80. The van der Waals surface area contributed by atoms with Crippen LogP contribution in [0.15, 0.2) is 53.6 Å². The molecule has 0 bridgehead atoms. The van der Waals surface area contributed by atoms with Crippen LogP contribution in [0.4, 0.5) is 0 Å². The van der Waals surface area contributed by atoms with Crippen molar-refractivity contribution in [1.29, 1.82) is 0 Å². The van der Waals surface area contributed by atoms with E-state index in [0.717, 1.165) is 11.1 Å². The molecule has 258 valence electrons. The van der Waals surface area contributed by atoms with E-state index < -0.39 is 24.2 Å². The van der Waals surface area contributed by atoms with E-state index >= 15 is 0 Å². The third kappa shape index (κ3) is 12.1. The molecule has 0 N–H and O–H groups in total. The summed E-state index contributed by atoms with van der Waals surface area (Å²) < 4.78 is 34.9. The average molecular weight is 654 g/mol. The van der Waals surface area contributed by atoms with Crippen molar-refractivity contribution in [1.82, 2.24) is 0 Å². The first kappa shape index (κ1) is 37.7. The summed E-state index contributed by atoms with van der Waals surface area (Å²) in [5.74, 6) is 0.00680. The number of rotatable bonds is 21. The topological polar surface area (TPSA) is 138 Å². The van der Waals surface area contributed by atoms with Gasteiger partial charge in [-0.1, -0.05) is 69.2 Å². The van der Waals surface area contributed by atoms with Crippen molar-refractivity contribution in [2.45, 2.75) is 85.2 Å². The average Bonchev–Trinajstić information content (AvgIpc) is 3.44. The van der Waals surface area contributed by atoms with Gasteiger partial charge in [0.15, 0.2) is 11.5 Å². The lowest BCUT2D eigenvalue weighted by atomic mass is 9.80. The minimum atomic E-state index is -0.677. The number of benzene rings is 2. The highest BCUT2D eigenvalue weighted by Gasteiger charge is 2.42. The zero-order valence-electron chi connectivity index (χ0n) is 28.6. The van der Waals surface area contributed by atoms with Gasteiger partial charge in [0.25, 0.3) is 0 Å². The maximum Gasteiger partial charge on any atom is 0.309 e. The van der Waals surface area contributed by atoms with Crippen LogP contribution in [0.5, 0.6) is 11.5 Å². The molecular formula is C36H51N3O8. The molecule has 0 aromatic heterocycles. The van der Waals surface area contributed by atoms with Gasteiger partial charge in [-0.05, 0) is 53.5 Å². The van der Waals surface area contributed by atoms with Gasteiger partial charge >= 0.3 is 11.9 Å². The third-order valence-electron chi connectivity index (χ3n) is 8.39. The molecule has 5 atom stereocenters. The molecule has 3 rings (SSSR count). The van der Waals surface area contributed by atoms with E-state index in [2.05, 4.69) is 10.0 Å². The first-order valence-corrected chi connectivity index (χ1v) is 16.6. The molecule has 0 radical (unpaired) electrons. The van der Waals surface area contributed by atoms with Crippen LogP contribution in [0, 0.1) is 23.7 Å². The van der Waals surface area contributed by atoms with Crippen LogP contribution in [-0.2, 0) is 35.1 Å². The molecule has 0 unspecified atom stereocenters. The Morgan fingerprint density at radius 2 is 1.70 bits per heavy atom. The van der Waals surface area contributed by atoms with Crippen molar-refractivity contribution in [2.24, 2.45) is 28.8 Å². The number of cyclic esters (lactones) is 1. The van der Waals surface area contributed by atoms with Crippen LogP contribution in [0.25, 0.3) is 10.4 Å². The van der Waals surface area contributed by atoms with E-state index in [9.17, 15) is 15.1 Å². The number of hydrogen-bond donors (Lipinski definition) is 0. The molecule has 0 saturated carbocycles. The second-order valence-corrected chi connectivity index (χ2v) is 12.6. The van der Waals surface area contributed by atoms with E-state index in [1.54, 1.807) is 7.11 Å². The predicted octanol–water partition coefficient (Wildman–Crippen LogP) is 7.62. The van der Waals surface area contributed by atoms with Gasteiger partial charge in [0.05, 0.1) is 38.4 Å². The van der Waals surface area contributed by atoms with Crippen molar-refractivity contribution in [3.63, 3.8) is 0 Å². The summed E-state index contributed by atoms with van der Waals surface area (Å²) in [6, 6.07) is 14.9. The van der Waals surface area contributed by atoms with Crippen molar-refractivity contribution in [2.75, 3.05) is 33.5 Å².